The molecule has 2 amide bonds. The number of benzene rings is 2. The van der Waals surface area contributed by atoms with Crippen molar-refractivity contribution in [1.29, 1.82) is 0 Å². The van der Waals surface area contributed by atoms with Crippen LogP contribution >= 0.6 is 0 Å². The summed E-state index contributed by atoms with van der Waals surface area (Å²) >= 11 is 0. The predicted octanol–water partition coefficient (Wildman–Crippen LogP) is 2.74. The number of rotatable bonds is 5. The first-order chi connectivity index (χ1) is 14.7. The van der Waals surface area contributed by atoms with Crippen molar-refractivity contribution in [2.24, 2.45) is 5.92 Å². The van der Waals surface area contributed by atoms with E-state index in [-0.39, 0.29) is 17.7 Å². The van der Waals surface area contributed by atoms with Gasteiger partial charge in [-0.05, 0) is 48.9 Å². The number of carbonyl (C=O) groups is 2. The van der Waals surface area contributed by atoms with Gasteiger partial charge >= 0.3 is 0 Å². The molecule has 0 radical (unpaired) electrons. The molecule has 1 heterocycles. The van der Waals surface area contributed by atoms with Gasteiger partial charge in [-0.3, -0.25) is 9.59 Å². The lowest BCUT2D eigenvalue weighted by molar-refractivity contribution is -0.139. The zero-order chi connectivity index (χ0) is 20.5. The number of fused-ring (bicyclic) bond motifs is 1. The molecule has 0 bridgehead atoms. The Morgan fingerprint density at radius 3 is 1.97 bits per heavy atom. The van der Waals surface area contributed by atoms with Gasteiger partial charge in [0.15, 0.2) is 0 Å². The van der Waals surface area contributed by atoms with E-state index in [9.17, 15) is 9.59 Å². The fourth-order valence-corrected chi connectivity index (χ4v) is 4.82. The van der Waals surface area contributed by atoms with E-state index in [0.717, 1.165) is 31.4 Å². The Labute approximate surface area is 178 Å². The Morgan fingerprint density at radius 2 is 1.37 bits per heavy atom. The average molecular weight is 404 g/mol. The third-order valence-electron chi connectivity index (χ3n) is 6.73. The quantitative estimate of drug-likeness (QED) is 0.771. The Bertz CT molecular complexity index is 892. The third kappa shape index (κ3) is 3.93. The zero-order valence-electron chi connectivity index (χ0n) is 17.4. The largest absolute Gasteiger partial charge is 0.359 e. The molecule has 5 heteroatoms. The van der Waals surface area contributed by atoms with Crippen molar-refractivity contribution in [2.75, 3.05) is 37.6 Å². The highest BCUT2D eigenvalue weighted by Gasteiger charge is 2.36. The highest BCUT2D eigenvalue weighted by molar-refractivity contribution is 5.83. The third-order valence-corrected chi connectivity index (χ3v) is 6.73. The van der Waals surface area contributed by atoms with E-state index in [2.05, 4.69) is 41.3 Å². The standard InChI is InChI=1S/C25H29N3O2/c29-24(26-12-14-27(15-13-26)25(30)19-10-11-19)18-28(22-8-2-1-3-9-22)23-16-20-6-4-5-7-21(20)17-23/h1-9,19,23H,10-18H2. The molecule has 2 fully saturated rings. The maximum Gasteiger partial charge on any atom is 0.242 e. The van der Waals surface area contributed by atoms with Crippen LogP contribution < -0.4 is 4.90 Å². The van der Waals surface area contributed by atoms with Gasteiger partial charge in [-0.2, -0.15) is 0 Å². The van der Waals surface area contributed by atoms with Crippen molar-refractivity contribution >= 4 is 17.5 Å². The minimum atomic E-state index is 0.160. The summed E-state index contributed by atoms with van der Waals surface area (Å²) in [5.41, 5.74) is 3.89. The smallest absolute Gasteiger partial charge is 0.242 e. The number of para-hydroxylation sites is 1. The van der Waals surface area contributed by atoms with Crippen molar-refractivity contribution in [3.63, 3.8) is 0 Å². The SMILES string of the molecule is O=C(CN(c1ccccc1)C1Cc2ccccc2C1)N1CCN(C(=O)C2CC2)CC1. The summed E-state index contributed by atoms with van der Waals surface area (Å²) in [7, 11) is 0. The van der Waals surface area contributed by atoms with Gasteiger partial charge in [0.25, 0.3) is 0 Å². The number of amides is 2. The molecule has 1 aliphatic heterocycles. The second-order valence-corrected chi connectivity index (χ2v) is 8.77. The summed E-state index contributed by atoms with van der Waals surface area (Å²) in [5.74, 6) is 0.704. The van der Waals surface area contributed by atoms with Gasteiger partial charge in [0.05, 0.1) is 6.54 Å². The number of hydrogen-bond acceptors (Lipinski definition) is 3. The number of anilines is 1. The van der Waals surface area contributed by atoms with Crippen LogP contribution in [0.15, 0.2) is 54.6 Å². The Kier molecular flexibility index (Phi) is 5.19. The molecule has 0 atom stereocenters. The van der Waals surface area contributed by atoms with E-state index in [0.29, 0.717) is 38.8 Å². The van der Waals surface area contributed by atoms with Crippen molar-refractivity contribution in [1.82, 2.24) is 9.80 Å². The van der Waals surface area contributed by atoms with Gasteiger partial charge in [-0.1, -0.05) is 42.5 Å². The van der Waals surface area contributed by atoms with Gasteiger partial charge in [0.2, 0.25) is 11.8 Å². The molecule has 5 nitrogen and oxygen atoms in total. The summed E-state index contributed by atoms with van der Waals surface area (Å²) < 4.78 is 0. The molecule has 0 unspecified atom stereocenters. The maximum atomic E-state index is 13.2. The highest BCUT2D eigenvalue weighted by atomic mass is 16.2. The van der Waals surface area contributed by atoms with Crippen LogP contribution in [0.3, 0.4) is 0 Å². The summed E-state index contributed by atoms with van der Waals surface area (Å²) in [6.07, 6.45) is 4.02. The van der Waals surface area contributed by atoms with Gasteiger partial charge in [0, 0.05) is 43.8 Å². The topological polar surface area (TPSA) is 43.9 Å². The first-order valence-corrected chi connectivity index (χ1v) is 11.1. The molecular formula is C25H29N3O2. The van der Waals surface area contributed by atoms with E-state index in [1.165, 1.54) is 11.1 Å². The Balaban J connectivity index is 1.26. The fourth-order valence-electron chi connectivity index (χ4n) is 4.82. The lowest BCUT2D eigenvalue weighted by Gasteiger charge is -2.37. The van der Waals surface area contributed by atoms with E-state index in [4.69, 9.17) is 0 Å². The van der Waals surface area contributed by atoms with E-state index in [1.54, 1.807) is 0 Å². The number of carbonyl (C=O) groups excluding carboxylic acids is 2. The van der Waals surface area contributed by atoms with Crippen LogP contribution in [-0.2, 0) is 22.4 Å². The molecule has 2 aliphatic carbocycles. The van der Waals surface area contributed by atoms with Crippen LogP contribution in [0.25, 0.3) is 0 Å². The van der Waals surface area contributed by atoms with Gasteiger partial charge in [0.1, 0.15) is 0 Å². The van der Waals surface area contributed by atoms with Gasteiger partial charge in [-0.25, -0.2) is 0 Å². The van der Waals surface area contributed by atoms with Crippen molar-refractivity contribution in [3.05, 3.63) is 65.7 Å². The van der Waals surface area contributed by atoms with E-state index < -0.39 is 0 Å². The molecule has 1 saturated carbocycles. The van der Waals surface area contributed by atoms with E-state index >= 15 is 0 Å². The zero-order valence-corrected chi connectivity index (χ0v) is 17.4. The number of piperazine rings is 1. The second kappa shape index (κ2) is 8.13. The van der Waals surface area contributed by atoms with Crippen molar-refractivity contribution < 1.29 is 9.59 Å². The van der Waals surface area contributed by atoms with Crippen LogP contribution in [0.2, 0.25) is 0 Å². The summed E-state index contributed by atoms with van der Waals surface area (Å²) in [4.78, 5) is 31.7. The average Bonchev–Trinajstić information content (AvgIpc) is 3.56. The van der Waals surface area contributed by atoms with Crippen molar-refractivity contribution in [3.8, 4) is 0 Å². The minimum absolute atomic E-state index is 0.160. The Hall–Kier alpha value is -2.82. The van der Waals surface area contributed by atoms with Crippen LogP contribution in [0.1, 0.15) is 24.0 Å². The van der Waals surface area contributed by atoms with E-state index in [1.807, 2.05) is 28.0 Å². The molecule has 30 heavy (non-hydrogen) atoms. The lowest BCUT2D eigenvalue weighted by Crippen LogP contribution is -2.54. The molecule has 0 aromatic heterocycles. The lowest BCUT2D eigenvalue weighted by atomic mass is 10.1. The van der Waals surface area contributed by atoms with Gasteiger partial charge < -0.3 is 14.7 Å². The highest BCUT2D eigenvalue weighted by Crippen LogP contribution is 2.31. The number of hydrogen-bond donors (Lipinski definition) is 0. The van der Waals surface area contributed by atoms with Crippen LogP contribution in [-0.4, -0.2) is 60.4 Å². The first-order valence-electron chi connectivity index (χ1n) is 11.1. The molecule has 1 saturated heterocycles. The summed E-state index contributed by atoms with van der Waals surface area (Å²) in [5, 5.41) is 0. The molecule has 0 spiro atoms. The molecule has 0 N–H and O–H groups in total. The summed E-state index contributed by atoms with van der Waals surface area (Å²) in [6.45, 7) is 3.01. The summed E-state index contributed by atoms with van der Waals surface area (Å²) in [6, 6.07) is 19.2. The van der Waals surface area contributed by atoms with Crippen LogP contribution in [0.4, 0.5) is 5.69 Å². The monoisotopic (exact) mass is 403 g/mol. The van der Waals surface area contributed by atoms with Crippen LogP contribution in [0.5, 0.6) is 0 Å². The first kappa shape index (κ1) is 19.2. The molecule has 2 aromatic carbocycles. The fraction of sp³-hybridized carbons (Fsp3) is 0.440. The van der Waals surface area contributed by atoms with Crippen molar-refractivity contribution in [2.45, 2.75) is 31.7 Å². The normalized spacial score (nSPS) is 18.9. The predicted molar refractivity (Wildman–Crippen MR) is 117 cm³/mol. The molecular weight excluding hydrogens is 374 g/mol. The molecule has 156 valence electrons. The van der Waals surface area contributed by atoms with Crippen LogP contribution in [0, 0.1) is 5.92 Å². The molecule has 3 aliphatic rings. The minimum Gasteiger partial charge on any atom is -0.359 e. The number of nitrogens with zero attached hydrogens (tertiary/aromatic N) is 3. The van der Waals surface area contributed by atoms with Gasteiger partial charge in [-0.15, -0.1) is 0 Å². The molecule has 2 aromatic rings. The Morgan fingerprint density at radius 1 is 0.800 bits per heavy atom. The molecule has 5 rings (SSSR count). The maximum absolute atomic E-state index is 13.2. The second-order valence-electron chi connectivity index (χ2n) is 8.77.